The number of ketones is 2. The molecule has 0 unspecified atom stereocenters. The third kappa shape index (κ3) is 9.10. The Hall–Kier alpha value is -3.80. The van der Waals surface area contributed by atoms with Crippen molar-refractivity contribution in [2.75, 3.05) is 20.8 Å². The maximum absolute atomic E-state index is 13.5. The van der Waals surface area contributed by atoms with E-state index in [-0.39, 0.29) is 41.4 Å². The van der Waals surface area contributed by atoms with Crippen molar-refractivity contribution in [1.82, 2.24) is 10.6 Å². The smallest absolute Gasteiger partial charge is 0.405 e. The van der Waals surface area contributed by atoms with Crippen molar-refractivity contribution in [2.24, 2.45) is 17.6 Å². The predicted molar refractivity (Wildman–Crippen MR) is 158 cm³/mol. The Balaban J connectivity index is 2.62. The number of hydrogen-bond donors (Lipinski definition) is 4. The van der Waals surface area contributed by atoms with Gasteiger partial charge >= 0.3 is 6.09 Å². The van der Waals surface area contributed by atoms with Crippen LogP contribution < -0.4 is 16.4 Å². The largest absolute Gasteiger partial charge is 0.439 e. The van der Waals surface area contributed by atoms with Gasteiger partial charge in [-0.3, -0.25) is 14.4 Å². The number of carbonyl (C=O) groups is 4. The molecule has 0 aromatic carbocycles. The molecule has 2 amide bonds. The lowest BCUT2D eigenvalue weighted by atomic mass is 9.85. The van der Waals surface area contributed by atoms with E-state index < -0.39 is 53.9 Å². The highest BCUT2D eigenvalue weighted by Gasteiger charge is 2.33. The monoisotopic (exact) mass is 585 g/mol. The van der Waals surface area contributed by atoms with Crippen molar-refractivity contribution >= 4 is 23.6 Å². The SMILES string of the molecule is C=CCNC1=C2C[C@H](C)C[C@H](OC)[C@H](O)[C@@H](C)C=C(C)[C@@H](OC(N)=O)[C@@H](OC)C=CC=C(C)C(=O)NC(=CC1=O)C2=O. The van der Waals surface area contributed by atoms with Crippen LogP contribution in [-0.2, 0) is 28.6 Å². The number of carbonyl (C=O) groups excluding carboxylic acids is 4. The summed E-state index contributed by atoms with van der Waals surface area (Å²) in [4.78, 5) is 51.3. The summed E-state index contributed by atoms with van der Waals surface area (Å²) in [6, 6.07) is 0. The average molecular weight is 586 g/mol. The number of allylic oxidation sites excluding steroid dienone is 4. The fourth-order valence-electron chi connectivity index (χ4n) is 4.95. The van der Waals surface area contributed by atoms with Gasteiger partial charge in [-0.1, -0.05) is 44.2 Å². The summed E-state index contributed by atoms with van der Waals surface area (Å²) in [5, 5.41) is 16.7. The summed E-state index contributed by atoms with van der Waals surface area (Å²) in [5.74, 6) is -2.14. The molecule has 2 bridgehead atoms. The van der Waals surface area contributed by atoms with Gasteiger partial charge in [0.2, 0.25) is 11.6 Å². The molecule has 0 spiro atoms. The molecule has 2 aliphatic rings. The zero-order chi connectivity index (χ0) is 31.6. The first-order valence-corrected chi connectivity index (χ1v) is 13.8. The molecule has 11 heteroatoms. The maximum atomic E-state index is 13.5. The van der Waals surface area contributed by atoms with E-state index in [9.17, 15) is 24.3 Å². The molecule has 230 valence electrons. The Morgan fingerprint density at radius 1 is 1.21 bits per heavy atom. The van der Waals surface area contributed by atoms with Crippen molar-refractivity contribution in [3.63, 3.8) is 0 Å². The molecule has 6 atom stereocenters. The van der Waals surface area contributed by atoms with Gasteiger partial charge in [0, 0.05) is 43.9 Å². The quantitative estimate of drug-likeness (QED) is 0.271. The standard InChI is InChI=1S/C31H43N3O8/c1-8-12-33-26-21-13-17(2)14-25(41-7)27(36)19(4)15-20(5)29(42-31(32)39)24(40-6)11-9-10-18(3)30(38)34-22(28(21)37)16-23(26)35/h8-11,15-17,19,24-25,27,29,33,36H,1,12-14H2,2-7H3,(H2,32,39)(H,34,38)/t17-,19-,24-,25-,27+,29+/m0/s1. The van der Waals surface area contributed by atoms with E-state index in [0.717, 1.165) is 6.08 Å². The van der Waals surface area contributed by atoms with Crippen LogP contribution in [0.4, 0.5) is 4.79 Å². The summed E-state index contributed by atoms with van der Waals surface area (Å²) in [6.07, 6.45) is 5.34. The first-order valence-electron chi connectivity index (χ1n) is 13.8. The molecule has 0 saturated carbocycles. The molecule has 0 aromatic heterocycles. The van der Waals surface area contributed by atoms with Crippen LogP contribution in [0.2, 0.25) is 0 Å². The topological polar surface area (TPSA) is 166 Å². The Labute approximate surface area is 247 Å². The van der Waals surface area contributed by atoms with Gasteiger partial charge in [0.1, 0.15) is 6.10 Å². The Bertz CT molecular complexity index is 1210. The lowest BCUT2D eigenvalue weighted by Crippen LogP contribution is -2.37. The highest BCUT2D eigenvalue weighted by molar-refractivity contribution is 6.23. The van der Waals surface area contributed by atoms with Crippen molar-refractivity contribution < 1.29 is 38.5 Å². The molecule has 2 rings (SSSR count). The zero-order valence-corrected chi connectivity index (χ0v) is 25.1. The zero-order valence-electron chi connectivity index (χ0n) is 25.1. The van der Waals surface area contributed by atoms with Crippen molar-refractivity contribution in [3.05, 3.63) is 71.1 Å². The number of nitrogens with two attached hydrogens (primary N) is 1. The van der Waals surface area contributed by atoms with Crippen LogP contribution in [0.3, 0.4) is 0 Å². The first kappa shape index (κ1) is 34.4. The van der Waals surface area contributed by atoms with Crippen molar-refractivity contribution in [1.29, 1.82) is 0 Å². The highest BCUT2D eigenvalue weighted by atomic mass is 16.6. The number of amides is 2. The number of aliphatic hydroxyl groups excluding tert-OH is 1. The minimum absolute atomic E-state index is 0.132. The maximum Gasteiger partial charge on any atom is 0.405 e. The van der Waals surface area contributed by atoms with Crippen LogP contribution in [0.1, 0.15) is 40.5 Å². The van der Waals surface area contributed by atoms with E-state index in [2.05, 4.69) is 17.2 Å². The summed E-state index contributed by atoms with van der Waals surface area (Å²) >= 11 is 0. The van der Waals surface area contributed by atoms with Crippen molar-refractivity contribution in [2.45, 2.75) is 65.0 Å². The molecule has 11 nitrogen and oxygen atoms in total. The number of fused-ring (bicyclic) bond motifs is 2. The number of Topliss-reactive ketones (excluding diaryl/α,β-unsaturated/α-hetero) is 1. The molecule has 5 N–H and O–H groups in total. The number of primary amides is 1. The van der Waals surface area contributed by atoms with E-state index >= 15 is 0 Å². The van der Waals surface area contributed by atoms with E-state index in [1.165, 1.54) is 20.3 Å². The molecule has 1 heterocycles. The second-order valence-electron chi connectivity index (χ2n) is 10.6. The van der Waals surface area contributed by atoms with E-state index in [0.29, 0.717) is 12.0 Å². The molecule has 0 fully saturated rings. The molecule has 1 aliphatic heterocycles. The Kier molecular flexibility index (Phi) is 13.1. The third-order valence-electron chi connectivity index (χ3n) is 7.22. The number of ether oxygens (including phenoxy) is 3. The van der Waals surface area contributed by atoms with Gasteiger partial charge in [-0.05, 0) is 38.2 Å². The van der Waals surface area contributed by atoms with Gasteiger partial charge in [0.25, 0.3) is 5.91 Å². The molecule has 0 aromatic rings. The van der Waals surface area contributed by atoms with Crippen LogP contribution in [0.5, 0.6) is 0 Å². The fraction of sp³-hybridized carbons (Fsp3) is 0.484. The number of hydrogen-bond acceptors (Lipinski definition) is 9. The minimum atomic E-state index is -1.00. The summed E-state index contributed by atoms with van der Waals surface area (Å²) in [6.45, 7) is 10.9. The lowest BCUT2D eigenvalue weighted by molar-refractivity contribution is -0.120. The van der Waals surface area contributed by atoms with Crippen LogP contribution in [0.15, 0.2) is 71.1 Å². The van der Waals surface area contributed by atoms with Crippen LogP contribution >= 0.6 is 0 Å². The van der Waals surface area contributed by atoms with Gasteiger partial charge in [-0.25, -0.2) is 4.79 Å². The Morgan fingerprint density at radius 3 is 2.50 bits per heavy atom. The number of aliphatic hydroxyl groups is 1. The second-order valence-corrected chi connectivity index (χ2v) is 10.6. The summed E-state index contributed by atoms with van der Waals surface area (Å²) < 4.78 is 16.6. The molecule has 1 aliphatic carbocycles. The van der Waals surface area contributed by atoms with Crippen molar-refractivity contribution in [3.8, 4) is 0 Å². The van der Waals surface area contributed by atoms with E-state index in [4.69, 9.17) is 19.9 Å². The lowest BCUT2D eigenvalue weighted by Gasteiger charge is -2.30. The van der Waals surface area contributed by atoms with Crippen LogP contribution in [0, 0.1) is 11.8 Å². The Morgan fingerprint density at radius 2 is 1.90 bits per heavy atom. The molecule has 0 radical (unpaired) electrons. The van der Waals surface area contributed by atoms with E-state index in [1.54, 1.807) is 45.1 Å². The van der Waals surface area contributed by atoms with Gasteiger partial charge in [0.15, 0.2) is 6.10 Å². The third-order valence-corrected chi connectivity index (χ3v) is 7.22. The number of methoxy groups -OCH3 is 2. The second kappa shape index (κ2) is 16.0. The van der Waals surface area contributed by atoms with Gasteiger partial charge in [0.05, 0.1) is 23.6 Å². The normalized spacial score (nSPS) is 28.4. The van der Waals surface area contributed by atoms with Gasteiger partial charge in [-0.15, -0.1) is 6.58 Å². The molecule has 0 saturated heterocycles. The summed E-state index contributed by atoms with van der Waals surface area (Å²) in [5.41, 5.74) is 6.42. The molecular formula is C31H43N3O8. The highest BCUT2D eigenvalue weighted by Crippen LogP contribution is 2.28. The van der Waals surface area contributed by atoms with E-state index in [1.807, 2.05) is 6.92 Å². The molecule has 42 heavy (non-hydrogen) atoms. The number of nitrogens with one attached hydrogen (secondary N) is 2. The first-order chi connectivity index (χ1) is 19.8. The van der Waals surface area contributed by atoms with Crippen LogP contribution in [0.25, 0.3) is 0 Å². The summed E-state index contributed by atoms with van der Waals surface area (Å²) in [7, 11) is 2.92. The minimum Gasteiger partial charge on any atom is -0.439 e. The molecular weight excluding hydrogens is 542 g/mol. The number of rotatable bonds is 6. The average Bonchev–Trinajstić information content (AvgIpc) is 2.94. The predicted octanol–water partition coefficient (Wildman–Crippen LogP) is 2.54. The van der Waals surface area contributed by atoms with Crippen LogP contribution in [-0.4, -0.2) is 73.9 Å². The fourth-order valence-corrected chi connectivity index (χ4v) is 4.95. The van der Waals surface area contributed by atoms with Gasteiger partial charge in [-0.2, -0.15) is 0 Å². The van der Waals surface area contributed by atoms with Gasteiger partial charge < -0.3 is 35.7 Å².